The number of nitrogens with zero attached hydrogens (tertiary/aromatic N) is 4. The van der Waals surface area contributed by atoms with Gasteiger partial charge in [0.25, 0.3) is 0 Å². The summed E-state index contributed by atoms with van der Waals surface area (Å²) in [4.78, 5) is 0. The Morgan fingerprint density at radius 1 is 0.312 bits per heavy atom. The topological polar surface area (TPSA) is 102 Å². The van der Waals surface area contributed by atoms with Crippen LogP contribution in [0.15, 0.2) is 239 Å². The Hall–Kier alpha value is -10.8. The summed E-state index contributed by atoms with van der Waals surface area (Å²) >= 11 is 0. The van der Waals surface area contributed by atoms with Gasteiger partial charge in [0.15, 0.2) is 11.5 Å². The minimum atomic E-state index is -1.59. The van der Waals surface area contributed by atoms with Crippen LogP contribution in [0, 0.1) is 22.7 Å². The van der Waals surface area contributed by atoms with E-state index in [4.69, 9.17) is 18.3 Å². The molecule has 0 aliphatic carbocycles. The van der Waals surface area contributed by atoms with Crippen LogP contribution in [0.3, 0.4) is 0 Å². The summed E-state index contributed by atoms with van der Waals surface area (Å²) in [6.45, 7) is 0. The maximum atomic E-state index is 12.0. The first-order valence-electron chi connectivity index (χ1n) is 25.5. The predicted octanol–water partition coefficient (Wildman–Crippen LogP) is 17.4. The summed E-state index contributed by atoms with van der Waals surface area (Å²) in [5.41, 5.74) is 12.6. The quantitative estimate of drug-likeness (QED) is 0.164. The molecule has 0 bridgehead atoms. The molecule has 0 amide bonds. The molecule has 77 heavy (non-hydrogen) atoms. The van der Waals surface area contributed by atoms with Gasteiger partial charge in [-0.25, -0.2) is 0 Å². The summed E-state index contributed by atoms with van der Waals surface area (Å²) in [5.74, 6) is -1.01. The van der Waals surface area contributed by atoms with Gasteiger partial charge in [0.05, 0.1) is 22.1 Å². The molecule has 0 saturated heterocycles. The van der Waals surface area contributed by atoms with Gasteiger partial charge in [-0.1, -0.05) is 170 Å². The van der Waals surface area contributed by atoms with Crippen LogP contribution in [-0.2, 0) is 5.79 Å². The Morgan fingerprint density at radius 3 is 1.10 bits per heavy atom. The average molecular weight is 987 g/mol. The van der Waals surface area contributed by atoms with E-state index in [0.29, 0.717) is 45.2 Å². The molecule has 4 aromatic heterocycles. The molecule has 0 unspecified atom stereocenters. The van der Waals surface area contributed by atoms with E-state index in [1.807, 2.05) is 146 Å². The third-order valence-corrected chi connectivity index (χ3v) is 15.6. The van der Waals surface area contributed by atoms with E-state index in [-0.39, 0.29) is 11.1 Å². The molecule has 0 radical (unpaired) electrons. The second-order valence-electron chi connectivity index (χ2n) is 19.7. The number of rotatable bonds is 6. The lowest BCUT2D eigenvalue weighted by Gasteiger charge is -2.29. The molecular formula is C69H38N4O4. The first-order valence-corrected chi connectivity index (χ1v) is 25.5. The zero-order chi connectivity index (χ0) is 50.9. The van der Waals surface area contributed by atoms with Crippen LogP contribution in [0.2, 0.25) is 0 Å². The minimum absolute atomic E-state index is 0.109. The maximum Gasteiger partial charge on any atom is 0.305 e. The van der Waals surface area contributed by atoms with Crippen LogP contribution in [0.5, 0.6) is 11.5 Å². The number of para-hydroxylation sites is 2. The van der Waals surface area contributed by atoms with Crippen molar-refractivity contribution in [2.24, 2.45) is 0 Å². The van der Waals surface area contributed by atoms with E-state index in [0.717, 1.165) is 98.6 Å². The largest absolute Gasteiger partial charge is 0.456 e. The molecule has 8 heteroatoms. The predicted molar refractivity (Wildman–Crippen MR) is 305 cm³/mol. The number of benzene rings is 11. The third-order valence-electron chi connectivity index (χ3n) is 15.6. The fourth-order valence-electron chi connectivity index (χ4n) is 12.1. The molecule has 11 aromatic carbocycles. The molecule has 0 spiro atoms. The van der Waals surface area contributed by atoms with Gasteiger partial charge in [-0.3, -0.25) is 0 Å². The second kappa shape index (κ2) is 16.1. The Morgan fingerprint density at radius 2 is 0.688 bits per heavy atom. The Balaban J connectivity index is 1.08. The zero-order valence-electron chi connectivity index (χ0n) is 40.9. The highest BCUT2D eigenvalue weighted by Gasteiger charge is 2.50. The number of hydrogen-bond acceptors (Lipinski definition) is 6. The van der Waals surface area contributed by atoms with Gasteiger partial charge in [0, 0.05) is 66.3 Å². The molecule has 358 valence electrons. The highest BCUT2D eigenvalue weighted by Crippen LogP contribution is 2.58. The Labute approximate surface area is 439 Å². The molecule has 0 fully saturated rings. The van der Waals surface area contributed by atoms with Gasteiger partial charge in [0.2, 0.25) is 0 Å². The fraction of sp³-hybridized carbons (Fsp3) is 0.0145. The van der Waals surface area contributed by atoms with Crippen molar-refractivity contribution in [1.29, 1.82) is 10.5 Å². The first-order chi connectivity index (χ1) is 38.1. The van der Waals surface area contributed by atoms with Crippen molar-refractivity contribution in [3.05, 3.63) is 253 Å². The molecule has 15 aromatic rings. The summed E-state index contributed by atoms with van der Waals surface area (Å²) in [6.07, 6.45) is 0. The first kappa shape index (κ1) is 42.7. The van der Waals surface area contributed by atoms with Crippen molar-refractivity contribution in [3.63, 3.8) is 0 Å². The minimum Gasteiger partial charge on any atom is -0.456 e. The van der Waals surface area contributed by atoms with E-state index in [1.165, 1.54) is 0 Å². The van der Waals surface area contributed by atoms with E-state index in [1.54, 1.807) is 0 Å². The standard InChI is InChI=1S/C69H38N4O4/c70-39-55-56(40-71)66(73-58-32-30-44(42-19-7-2-8-20-42)34-50(58)52-36-54-48-26-14-16-28-62(48)75-64(54)38-60(52)73)68-67(76-69(77-68,45-21-9-3-10-22-45)46-23-11-4-12-24-46)65(55)72-57-31-29-43(41-17-5-1-6-18-41)33-49(57)51-35-53-47-25-13-15-27-61(47)74-63(53)37-59(51)72/h1-38H. The molecule has 8 nitrogen and oxygen atoms in total. The highest BCUT2D eigenvalue weighted by atomic mass is 16.7. The smallest absolute Gasteiger partial charge is 0.305 e. The van der Waals surface area contributed by atoms with Crippen molar-refractivity contribution >= 4 is 87.5 Å². The molecule has 0 N–H and O–H groups in total. The molecule has 1 aliphatic heterocycles. The number of ether oxygens (including phenoxy) is 2. The Bertz CT molecular complexity index is 4740. The van der Waals surface area contributed by atoms with Gasteiger partial charge in [-0.2, -0.15) is 10.5 Å². The van der Waals surface area contributed by atoms with Crippen LogP contribution >= 0.6 is 0 Å². The van der Waals surface area contributed by atoms with Crippen molar-refractivity contribution in [2.75, 3.05) is 0 Å². The summed E-state index contributed by atoms with van der Waals surface area (Å²) in [6, 6.07) is 83.0. The number of aromatic nitrogens is 2. The zero-order valence-corrected chi connectivity index (χ0v) is 40.9. The molecule has 1 aliphatic rings. The van der Waals surface area contributed by atoms with Crippen LogP contribution in [0.4, 0.5) is 0 Å². The van der Waals surface area contributed by atoms with Gasteiger partial charge >= 0.3 is 5.79 Å². The second-order valence-corrected chi connectivity index (χ2v) is 19.7. The summed E-state index contributed by atoms with van der Waals surface area (Å²) in [7, 11) is 0. The lowest BCUT2D eigenvalue weighted by atomic mass is 9.97. The summed E-state index contributed by atoms with van der Waals surface area (Å²) < 4.78 is 32.7. The van der Waals surface area contributed by atoms with Crippen LogP contribution in [0.25, 0.3) is 121 Å². The van der Waals surface area contributed by atoms with Crippen molar-refractivity contribution in [3.8, 4) is 57.3 Å². The molecule has 5 heterocycles. The summed E-state index contributed by atoms with van der Waals surface area (Å²) in [5, 5.41) is 31.7. The lowest BCUT2D eigenvalue weighted by Crippen LogP contribution is -2.37. The average Bonchev–Trinajstić information content (AvgIpc) is 4.46. The van der Waals surface area contributed by atoms with Crippen LogP contribution in [0.1, 0.15) is 22.3 Å². The number of fused-ring (bicyclic) bond motifs is 13. The fourth-order valence-corrected chi connectivity index (χ4v) is 12.1. The monoisotopic (exact) mass is 986 g/mol. The molecule has 0 atom stereocenters. The van der Waals surface area contributed by atoms with Gasteiger partial charge < -0.3 is 27.4 Å². The van der Waals surface area contributed by atoms with Crippen molar-refractivity contribution in [2.45, 2.75) is 5.79 Å². The highest BCUT2D eigenvalue weighted by molar-refractivity contribution is 6.20. The number of nitriles is 2. The lowest BCUT2D eigenvalue weighted by molar-refractivity contribution is -0.0458. The molecule has 16 rings (SSSR count). The number of hydrogen-bond donors (Lipinski definition) is 0. The van der Waals surface area contributed by atoms with Crippen molar-refractivity contribution < 1.29 is 18.3 Å². The maximum absolute atomic E-state index is 12.0. The number of furan rings is 2. The Kier molecular flexibility index (Phi) is 8.92. The third kappa shape index (κ3) is 6.07. The van der Waals surface area contributed by atoms with Crippen LogP contribution < -0.4 is 9.47 Å². The molecular weight excluding hydrogens is 949 g/mol. The SMILES string of the molecule is N#Cc1c(C#N)c(-n2c3ccc(-c4ccccc4)cc3c3cc4c(cc32)oc2ccccc24)c2c(c1-n1c3ccc(-c4ccccc4)cc3c3cc4c(cc31)oc1ccccc14)OC(c1ccccc1)(c1ccccc1)O2. The van der Waals surface area contributed by atoms with E-state index in [2.05, 4.69) is 106 Å². The van der Waals surface area contributed by atoms with E-state index >= 15 is 0 Å². The van der Waals surface area contributed by atoms with Gasteiger partial charge in [-0.05, 0) is 70.8 Å². The van der Waals surface area contributed by atoms with Crippen molar-refractivity contribution in [1.82, 2.24) is 9.13 Å². The van der Waals surface area contributed by atoms with Gasteiger partial charge in [-0.15, -0.1) is 0 Å². The van der Waals surface area contributed by atoms with Crippen LogP contribution in [-0.4, -0.2) is 9.13 Å². The normalized spacial score (nSPS) is 13.0. The van der Waals surface area contributed by atoms with E-state index in [9.17, 15) is 10.5 Å². The van der Waals surface area contributed by atoms with Gasteiger partial charge in [0.1, 0.15) is 57.0 Å². The van der Waals surface area contributed by atoms with E-state index < -0.39 is 5.79 Å². The molecule has 0 saturated carbocycles.